The third-order valence-electron chi connectivity index (χ3n) is 8.68. The van der Waals surface area contributed by atoms with Gasteiger partial charge in [0.1, 0.15) is 6.04 Å². The summed E-state index contributed by atoms with van der Waals surface area (Å²) < 4.78 is 9.42. The Morgan fingerprint density at radius 1 is 1.08 bits per heavy atom. The van der Waals surface area contributed by atoms with E-state index in [1.165, 1.54) is 4.57 Å². The number of fused-ring (bicyclic) bond motifs is 1. The molecule has 2 aliphatic heterocycles. The van der Waals surface area contributed by atoms with Crippen LogP contribution in [0.4, 0.5) is 0 Å². The van der Waals surface area contributed by atoms with Crippen molar-refractivity contribution in [3.8, 4) is 0 Å². The Bertz CT molecular complexity index is 1290. The molecule has 3 heterocycles. The molecule has 0 spiro atoms. The second kappa shape index (κ2) is 10.8. The predicted molar refractivity (Wildman–Crippen MR) is 149 cm³/mol. The summed E-state index contributed by atoms with van der Waals surface area (Å²) >= 11 is 0. The van der Waals surface area contributed by atoms with E-state index in [4.69, 9.17) is 4.43 Å². The number of amides is 3. The first-order valence-electron chi connectivity index (χ1n) is 13.7. The number of hydrogen-bond donors (Lipinski definition) is 1. The van der Waals surface area contributed by atoms with Crippen LogP contribution in [0.15, 0.2) is 23.0 Å². The van der Waals surface area contributed by atoms with Gasteiger partial charge in [-0.25, -0.2) is 4.79 Å². The SMILES string of the molecule is Cn1c(=O)n(C2CCC(=O)NC2=O)c2ccc(CCCN3CCC(CO[Si](C)(C)C(C)(C)C)CC3=O)cc21. The molecule has 2 aromatic rings. The lowest BCUT2D eigenvalue weighted by atomic mass is 9.97. The molecule has 38 heavy (non-hydrogen) atoms. The van der Waals surface area contributed by atoms with Crippen LogP contribution in [-0.4, -0.2) is 59.8 Å². The Balaban J connectivity index is 1.33. The highest BCUT2D eigenvalue weighted by atomic mass is 28.4. The van der Waals surface area contributed by atoms with E-state index >= 15 is 0 Å². The van der Waals surface area contributed by atoms with E-state index < -0.39 is 20.3 Å². The van der Waals surface area contributed by atoms with E-state index in [0.29, 0.717) is 37.4 Å². The van der Waals surface area contributed by atoms with Gasteiger partial charge >= 0.3 is 5.69 Å². The summed E-state index contributed by atoms with van der Waals surface area (Å²) in [6.07, 6.45) is 3.69. The third-order valence-corrected chi connectivity index (χ3v) is 13.2. The number of imidazole rings is 1. The lowest BCUT2D eigenvalue weighted by molar-refractivity contribution is -0.136. The third kappa shape index (κ3) is 5.81. The van der Waals surface area contributed by atoms with Crippen LogP contribution in [0.5, 0.6) is 0 Å². The Hall–Kier alpha value is -2.72. The molecule has 0 bridgehead atoms. The summed E-state index contributed by atoms with van der Waals surface area (Å²) in [7, 11) is -0.107. The van der Waals surface area contributed by atoms with Gasteiger partial charge in [0.05, 0.1) is 11.0 Å². The molecule has 1 N–H and O–H groups in total. The van der Waals surface area contributed by atoms with Gasteiger partial charge in [-0.2, -0.15) is 0 Å². The number of aromatic nitrogens is 2. The van der Waals surface area contributed by atoms with Crippen LogP contribution in [0.2, 0.25) is 18.1 Å². The minimum atomic E-state index is -1.81. The topological polar surface area (TPSA) is 103 Å². The highest BCUT2D eigenvalue weighted by molar-refractivity contribution is 6.74. The molecule has 3 amide bonds. The van der Waals surface area contributed by atoms with E-state index in [1.54, 1.807) is 11.6 Å². The van der Waals surface area contributed by atoms with Gasteiger partial charge in [-0.05, 0) is 67.4 Å². The zero-order valence-electron chi connectivity index (χ0n) is 23.6. The highest BCUT2D eigenvalue weighted by Crippen LogP contribution is 2.37. The molecule has 0 aliphatic carbocycles. The van der Waals surface area contributed by atoms with Crippen molar-refractivity contribution in [2.75, 3.05) is 19.7 Å². The summed E-state index contributed by atoms with van der Waals surface area (Å²) in [4.78, 5) is 51.7. The molecular formula is C28H42N4O5Si. The maximum absolute atomic E-state index is 13.0. The number of likely N-dealkylation sites (tertiary alicyclic amines) is 1. The molecule has 2 atom stereocenters. The Kier molecular flexibility index (Phi) is 8.04. The van der Waals surface area contributed by atoms with Crippen LogP contribution < -0.4 is 11.0 Å². The van der Waals surface area contributed by atoms with Crippen LogP contribution in [0.25, 0.3) is 11.0 Å². The molecule has 4 rings (SSSR count). The van der Waals surface area contributed by atoms with Gasteiger partial charge in [-0.1, -0.05) is 26.8 Å². The van der Waals surface area contributed by atoms with Crippen molar-refractivity contribution >= 4 is 37.1 Å². The zero-order chi connectivity index (χ0) is 27.8. The fraction of sp³-hybridized carbons (Fsp3) is 0.643. The van der Waals surface area contributed by atoms with Crippen LogP contribution in [-0.2, 0) is 32.3 Å². The maximum Gasteiger partial charge on any atom is 0.329 e. The number of rotatable bonds is 8. The number of aryl methyl sites for hydroxylation is 2. The van der Waals surface area contributed by atoms with E-state index in [2.05, 4.69) is 39.2 Å². The number of piperidine rings is 2. The van der Waals surface area contributed by atoms with Crippen LogP contribution >= 0.6 is 0 Å². The minimum Gasteiger partial charge on any atom is -0.417 e. The molecular weight excluding hydrogens is 500 g/mol. The molecule has 10 heteroatoms. The van der Waals surface area contributed by atoms with Crippen molar-refractivity contribution in [2.24, 2.45) is 13.0 Å². The van der Waals surface area contributed by atoms with Gasteiger partial charge in [0.25, 0.3) is 0 Å². The first kappa shape index (κ1) is 28.3. The van der Waals surface area contributed by atoms with Gasteiger partial charge < -0.3 is 9.33 Å². The van der Waals surface area contributed by atoms with Crippen LogP contribution in [0, 0.1) is 5.92 Å². The fourth-order valence-electron chi connectivity index (χ4n) is 5.13. The van der Waals surface area contributed by atoms with E-state index in [0.717, 1.165) is 36.9 Å². The molecule has 1 aromatic carbocycles. The van der Waals surface area contributed by atoms with Gasteiger partial charge in [-0.15, -0.1) is 0 Å². The van der Waals surface area contributed by atoms with Crippen molar-refractivity contribution < 1.29 is 18.8 Å². The van der Waals surface area contributed by atoms with E-state index in [1.807, 2.05) is 23.1 Å². The molecule has 2 unspecified atom stereocenters. The predicted octanol–water partition coefficient (Wildman–Crippen LogP) is 3.51. The number of imide groups is 1. The summed E-state index contributed by atoms with van der Waals surface area (Å²) in [5.41, 5.74) is 2.26. The van der Waals surface area contributed by atoms with Crippen molar-refractivity contribution in [1.82, 2.24) is 19.4 Å². The summed E-state index contributed by atoms with van der Waals surface area (Å²) in [5.74, 6) is -0.229. The summed E-state index contributed by atoms with van der Waals surface area (Å²) in [6.45, 7) is 13.4. The summed E-state index contributed by atoms with van der Waals surface area (Å²) in [5, 5.41) is 2.51. The number of hydrogen-bond acceptors (Lipinski definition) is 5. The Morgan fingerprint density at radius 2 is 1.82 bits per heavy atom. The normalized spacial score (nSPS) is 21.3. The van der Waals surface area contributed by atoms with Gasteiger partial charge in [0, 0.05) is 39.6 Å². The number of nitrogens with one attached hydrogen (secondary N) is 1. The van der Waals surface area contributed by atoms with Gasteiger partial charge in [-0.3, -0.25) is 28.8 Å². The zero-order valence-corrected chi connectivity index (χ0v) is 24.6. The maximum atomic E-state index is 13.0. The largest absolute Gasteiger partial charge is 0.417 e. The molecule has 1 aromatic heterocycles. The molecule has 9 nitrogen and oxygen atoms in total. The molecule has 2 fully saturated rings. The second-order valence-corrected chi connectivity index (χ2v) is 17.2. The minimum absolute atomic E-state index is 0.167. The molecule has 2 aliphatic rings. The molecule has 2 saturated heterocycles. The van der Waals surface area contributed by atoms with E-state index in [-0.39, 0.29) is 29.0 Å². The van der Waals surface area contributed by atoms with Crippen LogP contribution in [0.3, 0.4) is 0 Å². The first-order valence-corrected chi connectivity index (χ1v) is 16.6. The van der Waals surface area contributed by atoms with Crippen molar-refractivity contribution in [1.29, 1.82) is 0 Å². The monoisotopic (exact) mass is 542 g/mol. The van der Waals surface area contributed by atoms with Crippen molar-refractivity contribution in [3.05, 3.63) is 34.2 Å². The standard InChI is InChI=1S/C28H42N4O5Si/c1-28(2,3)38(5,6)37-18-20-13-15-31(25(34)17-20)14-7-8-19-9-10-21-23(16-19)30(4)27(36)32(21)22-11-12-24(33)29-26(22)35/h9-10,16,20,22H,7-8,11-15,17-18H2,1-6H3,(H,29,33,35). The van der Waals surface area contributed by atoms with Crippen molar-refractivity contribution in [3.63, 3.8) is 0 Å². The quantitative estimate of drug-likeness (QED) is 0.406. The molecule has 0 radical (unpaired) electrons. The average Bonchev–Trinajstić information content (AvgIpc) is 3.08. The van der Waals surface area contributed by atoms with Crippen LogP contribution in [0.1, 0.15) is 64.5 Å². The van der Waals surface area contributed by atoms with Crippen molar-refractivity contribution in [2.45, 2.75) is 83.5 Å². The number of carbonyl (C=O) groups is 3. The average molecular weight is 543 g/mol. The molecule has 0 saturated carbocycles. The molecule has 208 valence electrons. The Labute approximate surface area is 225 Å². The van der Waals surface area contributed by atoms with E-state index in [9.17, 15) is 19.2 Å². The Morgan fingerprint density at radius 3 is 2.47 bits per heavy atom. The number of carbonyl (C=O) groups excluding carboxylic acids is 3. The highest BCUT2D eigenvalue weighted by Gasteiger charge is 2.38. The lowest BCUT2D eigenvalue weighted by Gasteiger charge is -2.38. The summed E-state index contributed by atoms with van der Waals surface area (Å²) in [6, 6.07) is 5.17. The second-order valence-electron chi connectivity index (χ2n) is 12.4. The smallest absolute Gasteiger partial charge is 0.329 e. The van der Waals surface area contributed by atoms with Gasteiger partial charge in [0.15, 0.2) is 8.32 Å². The fourth-order valence-corrected chi connectivity index (χ4v) is 6.22. The number of nitrogens with zero attached hydrogens (tertiary/aromatic N) is 3. The number of benzene rings is 1. The van der Waals surface area contributed by atoms with Gasteiger partial charge in [0.2, 0.25) is 17.7 Å². The lowest BCUT2D eigenvalue weighted by Crippen LogP contribution is -2.44. The first-order chi connectivity index (χ1) is 17.8.